The quantitative estimate of drug-likeness (QED) is 0.129. The minimum atomic E-state index is -4.61. The van der Waals surface area contributed by atoms with Gasteiger partial charge in [0.05, 0.1) is 51.1 Å². The molecule has 60 heavy (non-hydrogen) atoms. The minimum Gasteiger partial charge on any atom is -0.308 e. The van der Waals surface area contributed by atoms with Gasteiger partial charge in [-0.3, -0.25) is 0 Å². The number of halogens is 6. The number of benzene rings is 7. The summed E-state index contributed by atoms with van der Waals surface area (Å²) < 4.78 is 88.6. The van der Waals surface area contributed by atoms with Gasteiger partial charge in [-0.15, -0.1) is 0 Å². The summed E-state index contributed by atoms with van der Waals surface area (Å²) >= 11 is 0. The van der Waals surface area contributed by atoms with E-state index in [4.69, 9.17) is 21.5 Å². The first kappa shape index (κ1) is 36.6. The zero-order valence-corrected chi connectivity index (χ0v) is 31.0. The van der Waals surface area contributed by atoms with Crippen molar-refractivity contribution in [3.05, 3.63) is 180 Å². The minimum absolute atomic E-state index is 0.121. The van der Waals surface area contributed by atoms with Gasteiger partial charge in [0, 0.05) is 38.2 Å². The first-order chi connectivity index (χ1) is 29.0. The third-order valence-corrected chi connectivity index (χ3v) is 10.6. The van der Waals surface area contributed by atoms with Crippen molar-refractivity contribution >= 4 is 49.3 Å². The van der Waals surface area contributed by atoms with Gasteiger partial charge in [-0.1, -0.05) is 97.1 Å². The first-order valence-corrected chi connectivity index (χ1v) is 18.6. The van der Waals surface area contributed by atoms with E-state index in [9.17, 15) is 26.3 Å². The highest BCUT2D eigenvalue weighted by atomic mass is 19.4. The van der Waals surface area contributed by atoms with Crippen LogP contribution < -0.4 is 0 Å². The number of aromatic nitrogens is 5. The summed E-state index contributed by atoms with van der Waals surface area (Å²) in [6.07, 6.45) is -9.22. The van der Waals surface area contributed by atoms with E-state index < -0.39 is 23.5 Å². The van der Waals surface area contributed by atoms with Crippen LogP contribution >= 0.6 is 0 Å². The van der Waals surface area contributed by atoms with Crippen LogP contribution in [0.3, 0.4) is 0 Å². The van der Waals surface area contributed by atoms with Gasteiger partial charge in [0.1, 0.15) is 0 Å². The number of hydrogen-bond donors (Lipinski definition) is 0. The van der Waals surface area contributed by atoms with Gasteiger partial charge in [-0.05, 0) is 60.7 Å². The molecule has 0 bridgehead atoms. The van der Waals surface area contributed by atoms with Gasteiger partial charge in [-0.25, -0.2) is 19.8 Å². The third-order valence-electron chi connectivity index (χ3n) is 10.6. The monoisotopic (exact) mass is 800 g/mol. The predicted molar refractivity (Wildman–Crippen MR) is 221 cm³/mol. The number of nitrogens with zero attached hydrogens (tertiary/aromatic N) is 6. The molecule has 0 amide bonds. The molecule has 6 nitrogen and oxygen atoms in total. The molecule has 0 atom stereocenters. The van der Waals surface area contributed by atoms with Crippen molar-refractivity contribution in [2.24, 2.45) is 0 Å². The van der Waals surface area contributed by atoms with Crippen LogP contribution in [0.15, 0.2) is 158 Å². The molecular formula is C48H26F6N6. The molecule has 0 fully saturated rings. The zero-order chi connectivity index (χ0) is 41.3. The zero-order valence-electron chi connectivity index (χ0n) is 31.0. The van der Waals surface area contributed by atoms with Gasteiger partial charge in [-0.2, -0.15) is 26.3 Å². The molecule has 0 aliphatic carbocycles. The van der Waals surface area contributed by atoms with Crippen LogP contribution in [-0.4, -0.2) is 24.1 Å². The van der Waals surface area contributed by atoms with Crippen LogP contribution in [0.2, 0.25) is 0 Å². The molecule has 0 unspecified atom stereocenters. The summed E-state index contributed by atoms with van der Waals surface area (Å²) in [7, 11) is 0. The molecule has 3 aromatic heterocycles. The van der Waals surface area contributed by atoms with E-state index in [1.165, 1.54) is 12.1 Å². The number of para-hydroxylation sites is 2. The van der Waals surface area contributed by atoms with Crippen molar-refractivity contribution in [3.63, 3.8) is 0 Å². The van der Waals surface area contributed by atoms with Crippen LogP contribution in [0.5, 0.6) is 0 Å². The second-order valence-corrected chi connectivity index (χ2v) is 14.2. The van der Waals surface area contributed by atoms with Gasteiger partial charge >= 0.3 is 12.4 Å². The summed E-state index contributed by atoms with van der Waals surface area (Å²) in [6, 6.07) is 43.1. The lowest BCUT2D eigenvalue weighted by atomic mass is 10.1. The Balaban J connectivity index is 1.35. The highest BCUT2D eigenvalue weighted by molar-refractivity contribution is 6.12. The fourth-order valence-electron chi connectivity index (χ4n) is 7.94. The average Bonchev–Trinajstić information content (AvgIpc) is 3.78. The fourth-order valence-corrected chi connectivity index (χ4v) is 7.94. The second-order valence-electron chi connectivity index (χ2n) is 14.2. The fraction of sp³-hybridized carbons (Fsp3) is 0.0417. The maximum absolute atomic E-state index is 14.2. The van der Waals surface area contributed by atoms with Crippen molar-refractivity contribution in [2.75, 3.05) is 0 Å². The van der Waals surface area contributed by atoms with E-state index in [0.717, 1.165) is 24.3 Å². The summed E-state index contributed by atoms with van der Waals surface area (Å²) in [5.41, 5.74) is 2.94. The lowest BCUT2D eigenvalue weighted by molar-refractivity contribution is -0.138. The van der Waals surface area contributed by atoms with E-state index in [1.807, 2.05) is 65.2 Å². The Bertz CT molecular complexity index is 3300. The Kier molecular flexibility index (Phi) is 8.33. The molecule has 0 saturated heterocycles. The van der Waals surface area contributed by atoms with Gasteiger partial charge in [0.25, 0.3) is 0 Å². The maximum atomic E-state index is 14.2. The molecule has 12 heteroatoms. The van der Waals surface area contributed by atoms with Gasteiger partial charge in [0.2, 0.25) is 0 Å². The highest BCUT2D eigenvalue weighted by Gasteiger charge is 2.33. The Morgan fingerprint density at radius 1 is 0.417 bits per heavy atom. The molecule has 0 saturated carbocycles. The molecule has 0 aliphatic heterocycles. The number of hydrogen-bond acceptors (Lipinski definition) is 3. The normalized spacial score (nSPS) is 12.2. The largest absolute Gasteiger partial charge is 0.416 e. The van der Waals surface area contributed by atoms with E-state index >= 15 is 0 Å². The van der Waals surface area contributed by atoms with Crippen LogP contribution in [0.1, 0.15) is 11.1 Å². The number of alkyl halides is 6. The number of rotatable bonds is 5. The smallest absolute Gasteiger partial charge is 0.308 e. The molecule has 0 aliphatic rings. The van der Waals surface area contributed by atoms with Crippen LogP contribution in [-0.2, 0) is 12.4 Å². The molecule has 290 valence electrons. The molecule has 0 N–H and O–H groups in total. The SMILES string of the molecule is [C-]#[N+]c1cc(-n2c3ccccc3c3cc(C(F)(F)F)ccc32)c(-n2c3ccccc3c3cc(C(F)(F)F)ccc32)cc1-c1nc(-c2ccccc2)nc(-c2ccccc2)n1. The highest BCUT2D eigenvalue weighted by Crippen LogP contribution is 2.45. The lowest BCUT2D eigenvalue weighted by Gasteiger charge is -2.20. The standard InChI is InChI=1S/C48H26F6N6/c1-55-37-27-43(60-39-19-11-9-17-33(39)35-25-31(48(52,53)54)21-23-41(35)60)42(59-38-18-10-8-16-32(38)34-24-30(47(49,50)51)20-22-40(34)59)26-36(37)46-57-44(28-12-4-2-5-13-28)56-45(58-46)29-14-6-3-7-15-29/h2-27H. The van der Waals surface area contributed by atoms with E-state index in [0.29, 0.717) is 83.3 Å². The van der Waals surface area contributed by atoms with Gasteiger partial charge < -0.3 is 9.13 Å². The Labute approximate surface area is 337 Å². The molecular weight excluding hydrogens is 775 g/mol. The lowest BCUT2D eigenvalue weighted by Crippen LogP contribution is -2.07. The van der Waals surface area contributed by atoms with Crippen molar-refractivity contribution in [2.45, 2.75) is 12.4 Å². The Morgan fingerprint density at radius 2 is 0.817 bits per heavy atom. The van der Waals surface area contributed by atoms with Crippen LogP contribution in [0.4, 0.5) is 32.0 Å². The van der Waals surface area contributed by atoms with E-state index in [1.54, 1.807) is 65.2 Å². The van der Waals surface area contributed by atoms with Crippen molar-refractivity contribution in [3.8, 4) is 45.5 Å². The molecule has 7 aromatic carbocycles. The maximum Gasteiger partial charge on any atom is 0.416 e. The Morgan fingerprint density at radius 3 is 1.27 bits per heavy atom. The predicted octanol–water partition coefficient (Wildman–Crippen LogP) is 13.7. The molecule has 3 heterocycles. The molecule has 0 radical (unpaired) electrons. The van der Waals surface area contributed by atoms with Crippen molar-refractivity contribution in [1.82, 2.24) is 24.1 Å². The van der Waals surface area contributed by atoms with Crippen molar-refractivity contribution < 1.29 is 26.3 Å². The number of fused-ring (bicyclic) bond motifs is 6. The third kappa shape index (κ3) is 6.02. The van der Waals surface area contributed by atoms with Crippen molar-refractivity contribution in [1.29, 1.82) is 0 Å². The molecule has 0 spiro atoms. The van der Waals surface area contributed by atoms with Crippen LogP contribution in [0, 0.1) is 6.57 Å². The summed E-state index contributed by atoms with van der Waals surface area (Å²) in [4.78, 5) is 18.6. The second kappa shape index (κ2) is 13.7. The van der Waals surface area contributed by atoms with Gasteiger partial charge in [0.15, 0.2) is 23.2 Å². The summed E-state index contributed by atoms with van der Waals surface area (Å²) in [6.45, 7) is 8.51. The molecule has 10 aromatic rings. The van der Waals surface area contributed by atoms with E-state index in [2.05, 4.69) is 4.85 Å². The molecule has 10 rings (SSSR count). The summed E-state index contributed by atoms with van der Waals surface area (Å²) in [5.74, 6) is 0.861. The van der Waals surface area contributed by atoms with Crippen LogP contribution in [0.25, 0.3) is 94.0 Å². The van der Waals surface area contributed by atoms with E-state index in [-0.39, 0.29) is 11.5 Å². The average molecular weight is 801 g/mol. The Hall–Kier alpha value is -7.78. The topological polar surface area (TPSA) is 52.9 Å². The first-order valence-electron chi connectivity index (χ1n) is 18.6. The summed E-state index contributed by atoms with van der Waals surface area (Å²) in [5, 5.41) is 1.73.